The van der Waals surface area contributed by atoms with Crippen LogP contribution in [0.4, 0.5) is 11.5 Å². The number of hydrogen-bond acceptors (Lipinski definition) is 5. The molecule has 0 aliphatic heterocycles. The molecule has 0 fully saturated rings. The van der Waals surface area contributed by atoms with Crippen molar-refractivity contribution in [2.45, 2.75) is 6.92 Å². The second kappa shape index (κ2) is 5.48. The number of benzene rings is 1. The summed E-state index contributed by atoms with van der Waals surface area (Å²) in [6.07, 6.45) is 0. The van der Waals surface area contributed by atoms with Crippen LogP contribution >= 0.6 is 0 Å². The Morgan fingerprint density at radius 1 is 1.26 bits per heavy atom. The SMILES string of the molecule is Cc1[nH]nc(C(=O)N(C)c2ccc3ccccc3n2)c1[N+](=O)[O-]. The number of nitrogens with zero attached hydrogens (tertiary/aromatic N) is 4. The molecule has 1 aromatic carbocycles. The van der Waals surface area contributed by atoms with Crippen LogP contribution in [0.5, 0.6) is 0 Å². The highest BCUT2D eigenvalue weighted by molar-refractivity contribution is 6.07. The van der Waals surface area contributed by atoms with E-state index in [1.165, 1.54) is 18.9 Å². The monoisotopic (exact) mass is 311 g/mol. The van der Waals surface area contributed by atoms with E-state index in [0.717, 1.165) is 10.9 Å². The molecule has 1 N–H and O–H groups in total. The van der Waals surface area contributed by atoms with Crippen LogP contribution in [0.1, 0.15) is 16.2 Å². The molecule has 0 bridgehead atoms. The number of aromatic nitrogens is 3. The fourth-order valence-corrected chi connectivity index (χ4v) is 2.30. The molecule has 0 saturated heterocycles. The van der Waals surface area contributed by atoms with E-state index in [4.69, 9.17) is 0 Å². The number of nitro groups is 1. The second-order valence-electron chi connectivity index (χ2n) is 5.03. The number of para-hydroxylation sites is 1. The molecule has 8 nitrogen and oxygen atoms in total. The van der Waals surface area contributed by atoms with Crippen molar-refractivity contribution in [3.8, 4) is 0 Å². The number of anilines is 1. The Labute approximate surface area is 130 Å². The number of fused-ring (bicyclic) bond motifs is 1. The summed E-state index contributed by atoms with van der Waals surface area (Å²) in [6.45, 7) is 1.50. The summed E-state index contributed by atoms with van der Waals surface area (Å²) in [6, 6.07) is 11.0. The lowest BCUT2D eigenvalue weighted by molar-refractivity contribution is -0.385. The molecule has 8 heteroatoms. The van der Waals surface area contributed by atoms with Crippen molar-refractivity contribution in [1.82, 2.24) is 15.2 Å². The Morgan fingerprint density at radius 3 is 2.74 bits per heavy atom. The summed E-state index contributed by atoms with van der Waals surface area (Å²) in [5.41, 5.74) is 0.420. The number of carbonyl (C=O) groups excluding carboxylic acids is 1. The number of carbonyl (C=O) groups is 1. The first kappa shape index (κ1) is 14.6. The molecule has 2 heterocycles. The number of rotatable bonds is 3. The first-order valence-electron chi connectivity index (χ1n) is 6.82. The van der Waals surface area contributed by atoms with E-state index in [1.807, 2.05) is 30.3 Å². The lowest BCUT2D eigenvalue weighted by Gasteiger charge is -2.15. The van der Waals surface area contributed by atoms with Crippen molar-refractivity contribution in [3.05, 3.63) is 57.9 Å². The normalized spacial score (nSPS) is 10.7. The van der Waals surface area contributed by atoms with Gasteiger partial charge in [0, 0.05) is 12.4 Å². The van der Waals surface area contributed by atoms with Gasteiger partial charge in [0.1, 0.15) is 11.5 Å². The fourth-order valence-electron chi connectivity index (χ4n) is 2.30. The van der Waals surface area contributed by atoms with Crippen LogP contribution in [0, 0.1) is 17.0 Å². The van der Waals surface area contributed by atoms with Crippen molar-refractivity contribution in [1.29, 1.82) is 0 Å². The standard InChI is InChI=1S/C15H13N5O3/c1-9-14(20(22)23)13(18-17-9)15(21)19(2)12-8-7-10-5-3-4-6-11(10)16-12/h3-8H,1-2H3,(H,17,18). The van der Waals surface area contributed by atoms with E-state index < -0.39 is 10.8 Å². The van der Waals surface area contributed by atoms with Gasteiger partial charge in [-0.15, -0.1) is 0 Å². The van der Waals surface area contributed by atoms with Crippen LogP contribution in [0.2, 0.25) is 0 Å². The van der Waals surface area contributed by atoms with Gasteiger partial charge in [-0.3, -0.25) is 24.9 Å². The summed E-state index contributed by atoms with van der Waals surface area (Å²) >= 11 is 0. The Morgan fingerprint density at radius 2 is 2.00 bits per heavy atom. The molecule has 116 valence electrons. The Balaban J connectivity index is 2.00. The van der Waals surface area contributed by atoms with Gasteiger partial charge in [-0.05, 0) is 25.1 Å². The first-order valence-corrected chi connectivity index (χ1v) is 6.82. The molecule has 0 saturated carbocycles. The molecule has 0 spiro atoms. The molecular formula is C15H13N5O3. The van der Waals surface area contributed by atoms with Gasteiger partial charge in [0.25, 0.3) is 5.91 Å². The summed E-state index contributed by atoms with van der Waals surface area (Å²) in [4.78, 5) is 28.6. The maximum atomic E-state index is 12.5. The average Bonchev–Trinajstić information content (AvgIpc) is 2.94. The van der Waals surface area contributed by atoms with Crippen LogP contribution in [0.25, 0.3) is 10.9 Å². The quantitative estimate of drug-likeness (QED) is 0.591. The van der Waals surface area contributed by atoms with Crippen molar-refractivity contribution in [2.24, 2.45) is 0 Å². The molecule has 23 heavy (non-hydrogen) atoms. The molecule has 3 aromatic rings. The average molecular weight is 311 g/mol. The van der Waals surface area contributed by atoms with Gasteiger partial charge in [0.15, 0.2) is 0 Å². The van der Waals surface area contributed by atoms with E-state index in [2.05, 4.69) is 15.2 Å². The molecule has 0 aliphatic rings. The minimum atomic E-state index is -0.617. The highest BCUT2D eigenvalue weighted by Crippen LogP contribution is 2.24. The highest BCUT2D eigenvalue weighted by atomic mass is 16.6. The van der Waals surface area contributed by atoms with Crippen LogP contribution in [0.15, 0.2) is 36.4 Å². The summed E-state index contributed by atoms with van der Waals surface area (Å²) in [5.74, 6) is -0.201. The number of aromatic amines is 1. The van der Waals surface area contributed by atoms with Crippen molar-refractivity contribution in [3.63, 3.8) is 0 Å². The van der Waals surface area contributed by atoms with Crippen molar-refractivity contribution >= 4 is 28.3 Å². The minimum Gasteiger partial charge on any atom is -0.294 e. The topological polar surface area (TPSA) is 105 Å². The number of pyridine rings is 1. The maximum absolute atomic E-state index is 12.5. The molecule has 0 unspecified atom stereocenters. The Kier molecular flexibility index (Phi) is 3.49. The smallest absolute Gasteiger partial charge is 0.294 e. The molecular weight excluding hydrogens is 298 g/mol. The van der Waals surface area contributed by atoms with Gasteiger partial charge in [-0.1, -0.05) is 18.2 Å². The number of H-pyrrole nitrogens is 1. The lowest BCUT2D eigenvalue weighted by atomic mass is 10.2. The Hall–Kier alpha value is -3.29. The molecule has 0 atom stereocenters. The van der Waals surface area contributed by atoms with Gasteiger partial charge < -0.3 is 0 Å². The van der Waals surface area contributed by atoms with Crippen LogP contribution in [0.3, 0.4) is 0 Å². The molecule has 0 aliphatic carbocycles. The van der Waals surface area contributed by atoms with E-state index in [-0.39, 0.29) is 17.1 Å². The zero-order chi connectivity index (χ0) is 16.6. The van der Waals surface area contributed by atoms with Crippen molar-refractivity contribution < 1.29 is 9.72 Å². The van der Waals surface area contributed by atoms with Gasteiger partial charge in [0.05, 0.1) is 10.4 Å². The third kappa shape index (κ3) is 2.50. The van der Waals surface area contributed by atoms with Gasteiger partial charge in [0.2, 0.25) is 5.69 Å². The molecule has 1 amide bonds. The second-order valence-corrected chi connectivity index (χ2v) is 5.03. The van der Waals surface area contributed by atoms with Crippen LogP contribution < -0.4 is 4.90 Å². The Bertz CT molecular complexity index is 918. The third-order valence-corrected chi connectivity index (χ3v) is 3.53. The number of aryl methyl sites for hydroxylation is 1. The number of nitrogens with one attached hydrogen (secondary N) is 1. The molecule has 0 radical (unpaired) electrons. The summed E-state index contributed by atoms with van der Waals surface area (Å²) in [7, 11) is 1.51. The fraction of sp³-hybridized carbons (Fsp3) is 0.133. The zero-order valence-electron chi connectivity index (χ0n) is 12.5. The summed E-state index contributed by atoms with van der Waals surface area (Å²) < 4.78 is 0. The number of amides is 1. The van der Waals surface area contributed by atoms with E-state index in [0.29, 0.717) is 5.82 Å². The zero-order valence-corrected chi connectivity index (χ0v) is 12.5. The summed E-state index contributed by atoms with van der Waals surface area (Å²) in [5, 5.41) is 18.3. The van der Waals surface area contributed by atoms with Gasteiger partial charge in [-0.2, -0.15) is 5.10 Å². The lowest BCUT2D eigenvalue weighted by Crippen LogP contribution is -2.28. The highest BCUT2D eigenvalue weighted by Gasteiger charge is 2.30. The first-order chi connectivity index (χ1) is 11.0. The van der Waals surface area contributed by atoms with E-state index >= 15 is 0 Å². The predicted molar refractivity (Wildman–Crippen MR) is 84.5 cm³/mol. The molecule has 3 rings (SSSR count). The van der Waals surface area contributed by atoms with Crippen LogP contribution in [-0.2, 0) is 0 Å². The maximum Gasteiger partial charge on any atom is 0.322 e. The largest absolute Gasteiger partial charge is 0.322 e. The van der Waals surface area contributed by atoms with Crippen molar-refractivity contribution in [2.75, 3.05) is 11.9 Å². The van der Waals surface area contributed by atoms with E-state index in [9.17, 15) is 14.9 Å². The van der Waals surface area contributed by atoms with Gasteiger partial charge >= 0.3 is 5.69 Å². The minimum absolute atomic E-state index is 0.232. The van der Waals surface area contributed by atoms with Gasteiger partial charge in [-0.25, -0.2) is 4.98 Å². The predicted octanol–water partition coefficient (Wildman–Crippen LogP) is 2.45. The van der Waals surface area contributed by atoms with Crippen LogP contribution in [-0.4, -0.2) is 33.1 Å². The molecule has 2 aromatic heterocycles. The third-order valence-electron chi connectivity index (χ3n) is 3.53. The van der Waals surface area contributed by atoms with E-state index in [1.54, 1.807) is 6.07 Å². The number of hydrogen-bond donors (Lipinski definition) is 1.